The Morgan fingerprint density at radius 2 is 1.89 bits per heavy atom. The third kappa shape index (κ3) is 6.14. The lowest BCUT2D eigenvalue weighted by molar-refractivity contribution is -0.116. The van der Waals surface area contributed by atoms with Crippen LogP contribution in [0.25, 0.3) is 10.2 Å². The van der Waals surface area contributed by atoms with Gasteiger partial charge in [0.05, 0.1) is 29.5 Å². The predicted molar refractivity (Wildman–Crippen MR) is 139 cm³/mol. The number of aromatic nitrogens is 1. The van der Waals surface area contributed by atoms with Gasteiger partial charge in [0, 0.05) is 25.4 Å². The van der Waals surface area contributed by atoms with Gasteiger partial charge in [-0.3, -0.25) is 9.59 Å². The Morgan fingerprint density at radius 3 is 2.65 bits per heavy atom. The van der Waals surface area contributed by atoms with Crippen molar-refractivity contribution in [2.24, 2.45) is 4.99 Å². The highest BCUT2D eigenvalue weighted by atomic mass is 32.2. The number of hydrogen-bond acceptors (Lipinski definition) is 8. The minimum Gasteiger partial charge on any atom is -0.465 e. The number of amides is 2. The molecule has 0 atom stereocenters. The van der Waals surface area contributed by atoms with Crippen LogP contribution in [0, 0.1) is 0 Å². The summed E-state index contributed by atoms with van der Waals surface area (Å²) in [5.74, 6) is -3.60. The average molecular weight is 546 g/mol. The zero-order chi connectivity index (χ0) is 26.6. The molecule has 1 aromatic heterocycles. The van der Waals surface area contributed by atoms with Gasteiger partial charge < -0.3 is 18.9 Å². The van der Waals surface area contributed by atoms with Crippen molar-refractivity contribution in [1.82, 2.24) is 4.57 Å². The molecule has 12 heteroatoms. The highest BCUT2D eigenvalue weighted by Gasteiger charge is 2.29. The molecular formula is C25H27N3O7S2. The fourth-order valence-corrected chi connectivity index (χ4v) is 6.35. The minimum atomic E-state index is -4.05. The van der Waals surface area contributed by atoms with Gasteiger partial charge in [0.1, 0.15) is 11.5 Å². The summed E-state index contributed by atoms with van der Waals surface area (Å²) in [6.45, 7) is 3.50. The van der Waals surface area contributed by atoms with E-state index in [1.165, 1.54) is 12.0 Å². The number of esters is 1. The molecule has 1 aliphatic heterocycles. The lowest BCUT2D eigenvalue weighted by Crippen LogP contribution is -2.36. The summed E-state index contributed by atoms with van der Waals surface area (Å²) in [5.41, 5.74) is 2.74. The number of rotatable bonds is 9. The van der Waals surface area contributed by atoms with Crippen molar-refractivity contribution in [2.45, 2.75) is 19.9 Å². The van der Waals surface area contributed by atoms with E-state index in [0.717, 1.165) is 22.4 Å². The first-order valence-electron chi connectivity index (χ1n) is 11.7. The van der Waals surface area contributed by atoms with E-state index in [9.17, 15) is 22.8 Å². The first-order valence-corrected chi connectivity index (χ1v) is 14.3. The second kappa shape index (κ2) is 11.4. The van der Waals surface area contributed by atoms with Crippen LogP contribution in [0.15, 0.2) is 47.5 Å². The number of benzene rings is 2. The number of carbonyl (C=O) groups is 3. The zero-order valence-electron chi connectivity index (χ0n) is 20.5. The summed E-state index contributed by atoms with van der Waals surface area (Å²) in [6.07, 6.45) is 0.654. The van der Waals surface area contributed by atoms with Crippen molar-refractivity contribution in [3.63, 3.8) is 0 Å². The van der Waals surface area contributed by atoms with Gasteiger partial charge in [0.25, 0.3) is 5.91 Å². The van der Waals surface area contributed by atoms with Gasteiger partial charge in [-0.1, -0.05) is 29.5 Å². The molecule has 0 fully saturated rings. The summed E-state index contributed by atoms with van der Waals surface area (Å²) >= 11 is 1.15. The second-order valence-corrected chi connectivity index (χ2v) is 11.4. The Bertz CT molecular complexity index is 1520. The number of nitrogens with zero attached hydrogens (tertiary/aromatic N) is 3. The maximum Gasteiger partial charge on any atom is 0.337 e. The zero-order valence-corrected chi connectivity index (χ0v) is 22.1. The number of carbonyl (C=O) groups excluding carboxylic acids is 3. The molecule has 0 spiro atoms. The van der Waals surface area contributed by atoms with Gasteiger partial charge in [-0.25, -0.2) is 13.2 Å². The number of methoxy groups -OCH3 is 1. The van der Waals surface area contributed by atoms with E-state index in [2.05, 4.69) is 4.99 Å². The summed E-state index contributed by atoms with van der Waals surface area (Å²) in [6, 6.07) is 12.3. The molecule has 0 unspecified atom stereocenters. The quantitative estimate of drug-likeness (QED) is 0.297. The summed E-state index contributed by atoms with van der Waals surface area (Å²) < 4.78 is 38.1. The van der Waals surface area contributed by atoms with E-state index in [1.54, 1.807) is 34.9 Å². The highest BCUT2D eigenvalue weighted by molar-refractivity contribution is 7.92. The van der Waals surface area contributed by atoms with Crippen molar-refractivity contribution >= 4 is 54.9 Å². The molecule has 2 heterocycles. The van der Waals surface area contributed by atoms with Gasteiger partial charge in [-0.15, -0.1) is 0 Å². The second-order valence-electron chi connectivity index (χ2n) is 8.37. The van der Waals surface area contributed by atoms with Gasteiger partial charge in [0.15, 0.2) is 14.6 Å². The number of para-hydroxylation sites is 1. The summed E-state index contributed by atoms with van der Waals surface area (Å²) in [4.78, 5) is 43.2. The Morgan fingerprint density at radius 1 is 1.11 bits per heavy atom. The topological polar surface area (TPSA) is 124 Å². The van der Waals surface area contributed by atoms with Gasteiger partial charge in [0.2, 0.25) is 5.91 Å². The first-order chi connectivity index (χ1) is 17.7. The van der Waals surface area contributed by atoms with Crippen molar-refractivity contribution < 1.29 is 32.3 Å². The van der Waals surface area contributed by atoms with E-state index >= 15 is 0 Å². The summed E-state index contributed by atoms with van der Waals surface area (Å²) in [7, 11) is -2.76. The molecular weight excluding hydrogens is 518 g/mol. The Balaban J connectivity index is 1.56. The summed E-state index contributed by atoms with van der Waals surface area (Å²) in [5, 5.41) is 0. The van der Waals surface area contributed by atoms with Crippen molar-refractivity contribution in [3.8, 4) is 0 Å². The van der Waals surface area contributed by atoms with Crippen LogP contribution >= 0.6 is 11.3 Å². The molecule has 0 bridgehead atoms. The van der Waals surface area contributed by atoms with Crippen molar-refractivity contribution in [3.05, 3.63) is 58.4 Å². The third-order valence-electron chi connectivity index (χ3n) is 5.86. The van der Waals surface area contributed by atoms with Crippen LogP contribution in [0.5, 0.6) is 0 Å². The molecule has 4 rings (SSSR count). The van der Waals surface area contributed by atoms with Crippen LogP contribution < -0.4 is 9.70 Å². The molecule has 2 aromatic carbocycles. The lowest BCUT2D eigenvalue weighted by atomic mass is 10.2. The number of sulfone groups is 1. The van der Waals surface area contributed by atoms with Crippen LogP contribution in [0.3, 0.4) is 0 Å². The Kier molecular flexibility index (Phi) is 8.20. The molecule has 196 valence electrons. The standard InChI is InChI=1S/C25H27N3O7S2/c1-3-35-13-12-28-20-9-8-18(24(31)34-2)14-21(20)36-25(28)26-22(29)15-37(32,33)16-23(30)27-11-10-17-6-4-5-7-19(17)27/h4-9,14H,3,10-13,15-16H2,1-2H3. The number of thiazole rings is 1. The molecule has 0 radical (unpaired) electrons. The van der Waals surface area contributed by atoms with Crippen LogP contribution in [-0.4, -0.2) is 69.1 Å². The highest BCUT2D eigenvalue weighted by Crippen LogP contribution is 2.27. The molecule has 37 heavy (non-hydrogen) atoms. The Hall–Kier alpha value is -3.35. The SMILES string of the molecule is CCOCCn1c(=NC(=O)CS(=O)(=O)CC(=O)N2CCc3ccccc32)sc2cc(C(=O)OC)ccc21. The fraction of sp³-hybridized carbons (Fsp3) is 0.360. The molecule has 1 aliphatic rings. The van der Waals surface area contributed by atoms with Crippen molar-refractivity contribution in [1.29, 1.82) is 0 Å². The third-order valence-corrected chi connectivity index (χ3v) is 8.28. The molecule has 0 aliphatic carbocycles. The van der Waals surface area contributed by atoms with Crippen LogP contribution in [0.4, 0.5) is 5.69 Å². The first kappa shape index (κ1) is 26.7. The molecule has 0 saturated heterocycles. The van der Waals surface area contributed by atoms with E-state index in [-0.39, 0.29) is 4.80 Å². The number of ether oxygens (including phenoxy) is 2. The fourth-order valence-electron chi connectivity index (χ4n) is 4.16. The molecule has 0 N–H and O–H groups in total. The van der Waals surface area contributed by atoms with E-state index < -0.39 is 39.1 Å². The van der Waals surface area contributed by atoms with Crippen LogP contribution in [0.2, 0.25) is 0 Å². The normalized spacial score (nSPS) is 13.7. The average Bonchev–Trinajstić information content (AvgIpc) is 3.44. The molecule has 3 aromatic rings. The maximum absolute atomic E-state index is 12.7. The van der Waals surface area contributed by atoms with Crippen molar-refractivity contribution in [2.75, 3.05) is 43.3 Å². The van der Waals surface area contributed by atoms with E-state index in [0.29, 0.717) is 48.7 Å². The minimum absolute atomic E-state index is 0.275. The molecule has 2 amide bonds. The number of hydrogen-bond donors (Lipinski definition) is 0. The van der Waals surface area contributed by atoms with Gasteiger partial charge >= 0.3 is 5.97 Å². The smallest absolute Gasteiger partial charge is 0.337 e. The molecule has 0 saturated carbocycles. The van der Waals surface area contributed by atoms with Gasteiger partial charge in [-0.05, 0) is 43.2 Å². The van der Waals surface area contributed by atoms with E-state index in [4.69, 9.17) is 9.47 Å². The predicted octanol–water partition coefficient (Wildman–Crippen LogP) is 1.96. The van der Waals surface area contributed by atoms with Gasteiger partial charge in [-0.2, -0.15) is 4.99 Å². The van der Waals surface area contributed by atoms with Crippen LogP contribution in [0.1, 0.15) is 22.8 Å². The maximum atomic E-state index is 12.7. The number of anilines is 1. The van der Waals surface area contributed by atoms with Crippen LogP contribution in [-0.2, 0) is 41.9 Å². The number of fused-ring (bicyclic) bond motifs is 2. The van der Waals surface area contributed by atoms with E-state index in [1.807, 2.05) is 19.1 Å². The Labute approximate surface area is 218 Å². The monoisotopic (exact) mass is 545 g/mol. The lowest BCUT2D eigenvalue weighted by Gasteiger charge is -2.17. The molecule has 10 nitrogen and oxygen atoms in total. The largest absolute Gasteiger partial charge is 0.465 e.